The van der Waals surface area contributed by atoms with Crippen LogP contribution in [0, 0.1) is 0 Å². The van der Waals surface area contributed by atoms with Crippen LogP contribution in [0.25, 0.3) is 10.8 Å². The Bertz CT molecular complexity index is 1060. The van der Waals surface area contributed by atoms with Gasteiger partial charge in [0.2, 0.25) is 5.91 Å². The third-order valence-corrected chi connectivity index (χ3v) is 5.81. The summed E-state index contributed by atoms with van der Waals surface area (Å²) in [6.45, 7) is 0.758. The second-order valence-corrected chi connectivity index (χ2v) is 8.17. The van der Waals surface area contributed by atoms with Gasteiger partial charge in [-0.05, 0) is 22.9 Å². The number of rotatable bonds is 8. The Morgan fingerprint density at radius 2 is 1.85 bits per heavy atom. The first kappa shape index (κ1) is 25.5. The maximum absolute atomic E-state index is 12.6. The minimum absolute atomic E-state index is 0.338. The van der Waals surface area contributed by atoms with Crippen LogP contribution in [0.3, 0.4) is 0 Å². The van der Waals surface area contributed by atoms with Crippen molar-refractivity contribution in [3.05, 3.63) is 48.0 Å². The van der Waals surface area contributed by atoms with Gasteiger partial charge in [0.05, 0.1) is 18.2 Å². The highest BCUT2D eigenvalue weighted by Crippen LogP contribution is 2.33. The fourth-order valence-electron chi connectivity index (χ4n) is 3.98. The quantitative estimate of drug-likeness (QED) is 0.290. The lowest BCUT2D eigenvalue weighted by molar-refractivity contribution is -0.303. The van der Waals surface area contributed by atoms with Crippen LogP contribution < -0.4 is 10.6 Å². The Hall–Kier alpha value is -3.09. The second kappa shape index (κ2) is 10.5. The molecule has 0 radical (unpaired) electrons. The average Bonchev–Trinajstić information content (AvgIpc) is 2.82. The summed E-state index contributed by atoms with van der Waals surface area (Å²) in [7, 11) is 1.06. The van der Waals surface area contributed by atoms with Crippen molar-refractivity contribution in [2.75, 3.05) is 13.7 Å². The number of carboxylic acids is 1. The first-order valence-corrected chi connectivity index (χ1v) is 10.6. The highest BCUT2D eigenvalue weighted by molar-refractivity contribution is 5.98. The number of methoxy groups -OCH3 is 1. The van der Waals surface area contributed by atoms with E-state index in [1.807, 2.05) is 24.3 Å². The molecule has 1 aliphatic rings. The van der Waals surface area contributed by atoms with Gasteiger partial charge in [0.1, 0.15) is 12.2 Å². The van der Waals surface area contributed by atoms with Gasteiger partial charge in [-0.25, -0.2) is 4.79 Å². The number of benzene rings is 2. The Morgan fingerprint density at radius 3 is 2.47 bits per heavy atom. The number of carbonyl (C=O) groups excluding carboxylic acids is 2. The van der Waals surface area contributed by atoms with Crippen molar-refractivity contribution in [2.24, 2.45) is 0 Å². The fourth-order valence-corrected chi connectivity index (χ4v) is 3.98. The number of carbonyl (C=O) groups is 3. The van der Waals surface area contributed by atoms with Gasteiger partial charge in [0.15, 0.2) is 0 Å². The molecule has 6 N–H and O–H groups in total. The molecule has 2 amide bonds. The topological polar surface area (TPSA) is 175 Å². The highest BCUT2D eigenvalue weighted by Gasteiger charge is 2.55. The summed E-state index contributed by atoms with van der Waals surface area (Å²) in [6, 6.07) is 11.3. The predicted octanol–water partition coefficient (Wildman–Crippen LogP) is -0.627. The van der Waals surface area contributed by atoms with Crippen LogP contribution in [0.15, 0.2) is 42.5 Å². The molecule has 0 unspecified atom stereocenters. The molecule has 0 aromatic heterocycles. The van der Waals surface area contributed by atoms with Crippen LogP contribution in [0.5, 0.6) is 0 Å². The minimum atomic E-state index is -2.30. The van der Waals surface area contributed by atoms with Crippen molar-refractivity contribution in [1.29, 1.82) is 0 Å². The number of aliphatic carboxylic acids is 1. The molecule has 0 aliphatic carbocycles. The lowest BCUT2D eigenvalue weighted by Crippen LogP contribution is -2.68. The lowest BCUT2D eigenvalue weighted by atomic mass is 9.88. The van der Waals surface area contributed by atoms with Crippen LogP contribution in [-0.4, -0.2) is 88.1 Å². The number of hydrogen-bond donors (Lipinski definition) is 6. The number of hydrogen-bond acceptors (Lipinski definition) is 8. The van der Waals surface area contributed by atoms with E-state index in [1.54, 1.807) is 18.2 Å². The zero-order valence-electron chi connectivity index (χ0n) is 18.7. The van der Waals surface area contributed by atoms with Crippen molar-refractivity contribution in [3.63, 3.8) is 0 Å². The van der Waals surface area contributed by atoms with E-state index in [2.05, 4.69) is 10.6 Å². The number of aliphatic hydroxyl groups is 3. The molecule has 0 bridgehead atoms. The predicted molar refractivity (Wildman–Crippen MR) is 119 cm³/mol. The van der Waals surface area contributed by atoms with Gasteiger partial charge >= 0.3 is 5.97 Å². The Balaban J connectivity index is 1.73. The molecule has 2 aromatic carbocycles. The summed E-state index contributed by atoms with van der Waals surface area (Å²) < 4.78 is 10.4. The van der Waals surface area contributed by atoms with Gasteiger partial charge < -0.3 is 40.5 Å². The van der Waals surface area contributed by atoms with E-state index in [0.717, 1.165) is 17.9 Å². The minimum Gasteiger partial charge on any atom is -0.477 e. The maximum Gasteiger partial charge on any atom is 0.364 e. The van der Waals surface area contributed by atoms with E-state index in [0.29, 0.717) is 5.56 Å². The fraction of sp³-hybridized carbons (Fsp3) is 0.435. The van der Waals surface area contributed by atoms with E-state index in [9.17, 15) is 34.8 Å². The number of aliphatic hydroxyl groups excluding tert-OH is 3. The Labute approximate surface area is 195 Å². The van der Waals surface area contributed by atoms with Crippen molar-refractivity contribution in [1.82, 2.24) is 10.6 Å². The van der Waals surface area contributed by atoms with Crippen LogP contribution in [0.1, 0.15) is 23.7 Å². The number of nitrogens with one attached hydrogen (secondary N) is 2. The molecule has 1 fully saturated rings. The van der Waals surface area contributed by atoms with E-state index < -0.39 is 67.0 Å². The Morgan fingerprint density at radius 1 is 1.18 bits per heavy atom. The second-order valence-electron chi connectivity index (χ2n) is 8.17. The molecule has 0 saturated carbocycles. The SMILES string of the molecule is CO[C@]1(C(=O)O)C[C@H](O)[C@@H](NC(C)=O)[C@H]([C@H](O)[C@H](O)CNC(=O)c2ccc3ccccc3c2)O1. The molecule has 1 aliphatic heterocycles. The number of amides is 2. The molecule has 0 spiro atoms. The van der Waals surface area contributed by atoms with E-state index in [-0.39, 0.29) is 0 Å². The molecule has 184 valence electrons. The van der Waals surface area contributed by atoms with E-state index >= 15 is 0 Å². The molecule has 11 nitrogen and oxygen atoms in total. The normalized spacial score (nSPS) is 26.4. The summed E-state index contributed by atoms with van der Waals surface area (Å²) in [4.78, 5) is 35.9. The van der Waals surface area contributed by atoms with Gasteiger partial charge in [0.25, 0.3) is 11.7 Å². The number of fused-ring (bicyclic) bond motifs is 1. The van der Waals surface area contributed by atoms with Crippen LogP contribution in [0.2, 0.25) is 0 Å². The first-order chi connectivity index (χ1) is 16.1. The van der Waals surface area contributed by atoms with Crippen LogP contribution in [0.4, 0.5) is 0 Å². The number of ether oxygens (including phenoxy) is 2. The smallest absolute Gasteiger partial charge is 0.364 e. The summed E-state index contributed by atoms with van der Waals surface area (Å²) in [6.07, 6.45) is -6.97. The third-order valence-electron chi connectivity index (χ3n) is 5.81. The molecular formula is C23H28N2O9. The highest BCUT2D eigenvalue weighted by atomic mass is 16.7. The van der Waals surface area contributed by atoms with Gasteiger partial charge in [-0.2, -0.15) is 0 Å². The number of carboxylic acid groups (broad SMARTS) is 1. The maximum atomic E-state index is 12.6. The van der Waals surface area contributed by atoms with Crippen molar-refractivity contribution in [3.8, 4) is 0 Å². The monoisotopic (exact) mass is 476 g/mol. The van der Waals surface area contributed by atoms with Crippen LogP contribution in [-0.2, 0) is 19.1 Å². The van der Waals surface area contributed by atoms with Gasteiger partial charge in [-0.3, -0.25) is 9.59 Å². The van der Waals surface area contributed by atoms with Crippen molar-refractivity contribution in [2.45, 2.75) is 49.6 Å². The molecule has 6 atom stereocenters. The molecule has 34 heavy (non-hydrogen) atoms. The van der Waals surface area contributed by atoms with Gasteiger partial charge in [0, 0.05) is 32.6 Å². The van der Waals surface area contributed by atoms with Gasteiger partial charge in [-0.15, -0.1) is 0 Å². The summed E-state index contributed by atoms with van der Waals surface area (Å²) in [5.74, 6) is -4.92. The van der Waals surface area contributed by atoms with E-state index in [4.69, 9.17) is 9.47 Å². The largest absolute Gasteiger partial charge is 0.477 e. The molecule has 1 heterocycles. The summed E-state index contributed by atoms with van der Waals surface area (Å²) in [5.41, 5.74) is 0.338. The summed E-state index contributed by atoms with van der Waals surface area (Å²) in [5, 5.41) is 48.0. The zero-order valence-corrected chi connectivity index (χ0v) is 18.7. The molecular weight excluding hydrogens is 448 g/mol. The van der Waals surface area contributed by atoms with Gasteiger partial charge in [-0.1, -0.05) is 30.3 Å². The molecule has 1 saturated heterocycles. The standard InChI is InChI=1S/C23H28N2O9/c1-12(26)25-18-16(27)10-23(33-2,22(31)32)34-20(18)19(29)17(28)11-24-21(30)15-8-7-13-5-3-4-6-14(13)9-15/h3-9,16-20,27-29H,10-11H2,1-2H3,(H,24,30)(H,25,26)(H,31,32)/t16-,17+,18+,19+,20+,23+/m0/s1. The van der Waals surface area contributed by atoms with Crippen molar-refractivity contribution >= 4 is 28.6 Å². The van der Waals surface area contributed by atoms with Crippen molar-refractivity contribution < 1.29 is 44.3 Å². The molecule has 2 aromatic rings. The molecule has 11 heteroatoms. The lowest BCUT2D eigenvalue weighted by Gasteiger charge is -2.46. The first-order valence-electron chi connectivity index (χ1n) is 10.6. The zero-order chi connectivity index (χ0) is 25.0. The average molecular weight is 476 g/mol. The third kappa shape index (κ3) is 5.34. The Kier molecular flexibility index (Phi) is 7.85. The summed E-state index contributed by atoms with van der Waals surface area (Å²) >= 11 is 0. The molecule has 3 rings (SSSR count). The van der Waals surface area contributed by atoms with Crippen LogP contribution >= 0.6 is 0 Å². The van der Waals surface area contributed by atoms with E-state index in [1.165, 1.54) is 6.92 Å².